The second-order valence-corrected chi connectivity index (χ2v) is 35.7. The van der Waals surface area contributed by atoms with Gasteiger partial charge < -0.3 is 0 Å². The maximum atomic E-state index is 13.7. The maximum absolute atomic E-state index is 13.7. The van der Waals surface area contributed by atoms with Crippen LogP contribution in [0.4, 0.5) is 0 Å². The second-order valence-electron chi connectivity index (χ2n) is 11.2. The fourth-order valence-electron chi connectivity index (χ4n) is 5.35. The average molecular weight is 789 g/mol. The molecule has 0 radical (unpaired) electrons. The van der Waals surface area contributed by atoms with Crippen molar-refractivity contribution in [1.29, 1.82) is 0 Å². The first-order valence-corrected chi connectivity index (χ1v) is 31.2. The van der Waals surface area contributed by atoms with Crippen molar-refractivity contribution in [3.63, 3.8) is 0 Å². The normalized spacial score (nSPS) is 14.1. The zero-order chi connectivity index (χ0) is 27.3. The molecule has 0 rings (SSSR count). The van der Waals surface area contributed by atoms with Gasteiger partial charge in [-0.15, -0.1) is 0 Å². The molecule has 0 heterocycles. The molecule has 0 unspecified atom stereocenters. The molecule has 3 nitrogen and oxygen atoms in total. The van der Waals surface area contributed by atoms with Crippen LogP contribution in [0.15, 0.2) is 0 Å². The van der Waals surface area contributed by atoms with E-state index in [1.807, 2.05) is 0 Å². The number of hydrogen-bond donors (Lipinski definition) is 0. The summed E-state index contributed by atoms with van der Waals surface area (Å²) in [6, 6.07) is 0. The van der Waals surface area contributed by atoms with Gasteiger partial charge in [-0.2, -0.15) is 0 Å². The van der Waals surface area contributed by atoms with Crippen molar-refractivity contribution < 1.29 is 10.9 Å². The van der Waals surface area contributed by atoms with Crippen LogP contribution in [-0.4, -0.2) is 54.5 Å². The molecule has 0 aromatic heterocycles. The molecule has 0 saturated heterocycles. The number of carbonyl (C=O) groups excluding carboxylic acids is 1. The summed E-state index contributed by atoms with van der Waals surface area (Å²) in [5, 5.41) is 0. The Bertz CT molecular complexity index is 489. The van der Waals surface area contributed by atoms with Crippen molar-refractivity contribution >= 4 is 59.5 Å². The summed E-state index contributed by atoms with van der Waals surface area (Å²) >= 11 is -1.84. The predicted molar refractivity (Wildman–Crippen MR) is 168 cm³/mol. The molecule has 0 saturated carbocycles. The standard InChI is InChI=1S/C6H10BrO3.6C4H9.2Sn/c1-2-4(7)5(8)3-6(9)10;6*1-3-4-2;;/h4-5H,2-3H2,1H3,(H,9,10);6*1,3-4H2,2H3;;/q-1;;;;;;;2*+1/p-1/t4-,5-;;;;;;;;/m1......../s1. The van der Waals surface area contributed by atoms with Crippen molar-refractivity contribution in [2.45, 2.75) is 176 Å². The van der Waals surface area contributed by atoms with E-state index in [1.165, 1.54) is 104 Å². The third-order valence-electron chi connectivity index (χ3n) is 7.81. The predicted octanol–water partition coefficient (Wildman–Crippen LogP) is 11.2. The molecule has 0 aliphatic heterocycles. The quantitative estimate of drug-likeness (QED) is 0.0683. The van der Waals surface area contributed by atoms with Crippen LogP contribution in [0.25, 0.3) is 0 Å². The zero-order valence-corrected chi connectivity index (χ0v) is 32.7. The number of rotatable bonds is 25. The minimum atomic E-state index is -2.96. The van der Waals surface area contributed by atoms with E-state index in [4.69, 9.17) is 6.15 Å². The van der Waals surface area contributed by atoms with E-state index >= 15 is 0 Å². The van der Waals surface area contributed by atoms with Crippen molar-refractivity contribution in [3.05, 3.63) is 0 Å². The first-order chi connectivity index (χ1) is 17.3. The monoisotopic (exact) mass is 790 g/mol. The Kier molecular flexibility index (Phi) is 24.2. The van der Waals surface area contributed by atoms with Gasteiger partial charge in [0.25, 0.3) is 0 Å². The Hall–Kier alpha value is 1.51. The van der Waals surface area contributed by atoms with Gasteiger partial charge in [-0.05, 0) is 0 Å². The van der Waals surface area contributed by atoms with Crippen LogP contribution in [0.1, 0.15) is 138 Å². The Morgan fingerprint density at radius 3 is 1.25 bits per heavy atom. The third-order valence-corrected chi connectivity index (χ3v) is 34.9. The summed E-state index contributed by atoms with van der Waals surface area (Å²) < 4.78 is 21.6. The summed E-state index contributed by atoms with van der Waals surface area (Å²) in [4.78, 5) is 13.9. The molecular formula is C30H63BrO3Sn2. The van der Waals surface area contributed by atoms with Gasteiger partial charge in [-0.1, -0.05) is 0 Å². The zero-order valence-electron chi connectivity index (χ0n) is 25.4. The molecule has 0 fully saturated rings. The van der Waals surface area contributed by atoms with E-state index in [9.17, 15) is 4.79 Å². The fourth-order valence-corrected chi connectivity index (χ4v) is 33.6. The van der Waals surface area contributed by atoms with Gasteiger partial charge in [0.1, 0.15) is 0 Å². The van der Waals surface area contributed by atoms with Crippen molar-refractivity contribution in [2.24, 2.45) is 0 Å². The molecule has 6 heteroatoms. The average Bonchev–Trinajstić information content (AvgIpc) is 2.89. The molecule has 0 aliphatic carbocycles. The van der Waals surface area contributed by atoms with Crippen LogP contribution in [-0.2, 0) is 10.9 Å². The molecule has 0 aliphatic rings. The van der Waals surface area contributed by atoms with E-state index in [0.717, 1.165) is 6.42 Å². The fraction of sp³-hybridized carbons (Fsp3) is 0.967. The van der Waals surface area contributed by atoms with Crippen LogP contribution in [0, 0.1) is 0 Å². The van der Waals surface area contributed by atoms with Crippen molar-refractivity contribution in [1.82, 2.24) is 0 Å². The minimum absolute atomic E-state index is 0.0172. The van der Waals surface area contributed by atoms with Crippen LogP contribution < -0.4 is 0 Å². The van der Waals surface area contributed by atoms with Crippen molar-refractivity contribution in [3.8, 4) is 0 Å². The molecule has 0 aromatic rings. The van der Waals surface area contributed by atoms with Crippen LogP contribution in [0.3, 0.4) is 0 Å². The van der Waals surface area contributed by atoms with Gasteiger partial charge in [-0.3, -0.25) is 0 Å². The summed E-state index contributed by atoms with van der Waals surface area (Å²) in [5.41, 5.74) is 0. The molecule has 0 bridgehead atoms. The molecule has 0 N–H and O–H groups in total. The van der Waals surface area contributed by atoms with E-state index in [-0.39, 0.29) is 16.9 Å². The third kappa shape index (κ3) is 15.9. The molecule has 0 spiro atoms. The number of alkyl halides is 1. The molecule has 36 heavy (non-hydrogen) atoms. The summed E-state index contributed by atoms with van der Waals surface area (Å²) in [6.45, 7) is 16.0. The van der Waals surface area contributed by atoms with Crippen LogP contribution >= 0.6 is 15.9 Å². The van der Waals surface area contributed by atoms with Gasteiger partial charge in [0, 0.05) is 0 Å². The van der Waals surface area contributed by atoms with Gasteiger partial charge in [-0.25, -0.2) is 0 Å². The van der Waals surface area contributed by atoms with E-state index in [1.54, 1.807) is 0 Å². The first-order valence-electron chi connectivity index (χ1n) is 15.8. The number of halogens is 1. The van der Waals surface area contributed by atoms with Crippen LogP contribution in [0.5, 0.6) is 0 Å². The number of carbonyl (C=O) groups is 1. The summed E-state index contributed by atoms with van der Waals surface area (Å²) in [6.07, 6.45) is 16.2. The SMILES string of the molecule is CCC[CH2][Sn]([CH2]CCC)([CH2]CCC)[O]C(=O)C[C@@H]([O][Sn]([CH2]CCC)([CH2]CCC)[CH2]CCC)[C@H](Br)CC. The molecule has 2 atom stereocenters. The second kappa shape index (κ2) is 23.2. The molecule has 216 valence electrons. The van der Waals surface area contributed by atoms with E-state index in [2.05, 4.69) is 64.4 Å². The van der Waals surface area contributed by atoms with Crippen LogP contribution in [0.2, 0.25) is 26.6 Å². The summed E-state index contributed by atoms with van der Waals surface area (Å²) in [5.74, 6) is 0.0682. The van der Waals surface area contributed by atoms with Crippen molar-refractivity contribution in [2.75, 3.05) is 0 Å². The summed E-state index contributed by atoms with van der Waals surface area (Å²) in [7, 11) is 0. The Labute approximate surface area is 244 Å². The van der Waals surface area contributed by atoms with Gasteiger partial charge in [0.05, 0.1) is 0 Å². The molecule has 0 aromatic carbocycles. The molecule has 0 amide bonds. The Balaban J connectivity index is 5.85. The van der Waals surface area contributed by atoms with Gasteiger partial charge >= 0.3 is 246 Å². The number of unbranched alkanes of at least 4 members (excludes halogenated alkanes) is 6. The van der Waals surface area contributed by atoms with Gasteiger partial charge in [0.2, 0.25) is 0 Å². The first kappa shape index (κ1) is 37.5. The van der Waals surface area contributed by atoms with Gasteiger partial charge in [0.15, 0.2) is 0 Å². The van der Waals surface area contributed by atoms with E-state index in [0.29, 0.717) is 6.42 Å². The molecular weight excluding hydrogens is 726 g/mol. The topological polar surface area (TPSA) is 35.5 Å². The Morgan fingerprint density at radius 2 is 0.944 bits per heavy atom. The Morgan fingerprint density at radius 1 is 0.611 bits per heavy atom. The number of hydrogen-bond acceptors (Lipinski definition) is 3. The van der Waals surface area contributed by atoms with E-state index < -0.39 is 37.6 Å².